The molecule has 1 aromatic carbocycles. The maximum absolute atomic E-state index is 6.32. The van der Waals surface area contributed by atoms with Crippen molar-refractivity contribution in [2.75, 3.05) is 47.3 Å². The molecular weight excluding hydrogens is 350 g/mol. The first-order valence-corrected chi connectivity index (χ1v) is 10.6. The maximum Gasteiger partial charge on any atom is 0.191 e. The van der Waals surface area contributed by atoms with E-state index in [1.165, 1.54) is 36.8 Å². The lowest BCUT2D eigenvalue weighted by Crippen LogP contribution is -2.55. The summed E-state index contributed by atoms with van der Waals surface area (Å²) in [5.41, 5.74) is 2.43. The predicted molar refractivity (Wildman–Crippen MR) is 116 cm³/mol. The van der Waals surface area contributed by atoms with E-state index in [-0.39, 0.29) is 0 Å². The smallest absolute Gasteiger partial charge is 0.191 e. The molecule has 1 aliphatic heterocycles. The Morgan fingerprint density at radius 3 is 2.71 bits per heavy atom. The van der Waals surface area contributed by atoms with Crippen LogP contribution in [0.25, 0.3) is 0 Å². The van der Waals surface area contributed by atoms with E-state index in [1.54, 1.807) is 0 Å². The number of nitrogens with zero attached hydrogens (tertiary/aromatic N) is 3. The first-order chi connectivity index (χ1) is 13.5. The third-order valence-corrected chi connectivity index (χ3v) is 5.97. The summed E-state index contributed by atoms with van der Waals surface area (Å²) in [6.07, 6.45) is 5.29. The zero-order valence-electron chi connectivity index (χ0n) is 18.0. The van der Waals surface area contributed by atoms with Crippen molar-refractivity contribution in [3.8, 4) is 5.75 Å². The fourth-order valence-corrected chi connectivity index (χ4v) is 4.04. The Labute approximate surface area is 170 Å². The molecule has 1 saturated carbocycles. The first kappa shape index (κ1) is 20.9. The highest BCUT2D eigenvalue weighted by molar-refractivity contribution is 5.79. The largest absolute Gasteiger partial charge is 0.490 e. The molecule has 0 amide bonds. The lowest BCUT2D eigenvalue weighted by Gasteiger charge is -2.37. The Kier molecular flexibility index (Phi) is 7.57. The van der Waals surface area contributed by atoms with Gasteiger partial charge in [0.05, 0.1) is 6.10 Å². The molecule has 1 atom stereocenters. The molecule has 0 bridgehead atoms. The zero-order valence-corrected chi connectivity index (χ0v) is 18.0. The van der Waals surface area contributed by atoms with E-state index in [2.05, 4.69) is 64.6 Å². The van der Waals surface area contributed by atoms with Crippen LogP contribution >= 0.6 is 0 Å². The van der Waals surface area contributed by atoms with Crippen LogP contribution in [-0.4, -0.2) is 75.2 Å². The molecule has 0 aromatic heterocycles. The molecule has 0 spiro atoms. The van der Waals surface area contributed by atoms with Gasteiger partial charge in [0.1, 0.15) is 5.75 Å². The molecule has 1 unspecified atom stereocenters. The monoisotopic (exact) mass is 387 g/mol. The Balaban J connectivity index is 1.54. The second-order valence-corrected chi connectivity index (χ2v) is 8.34. The van der Waals surface area contributed by atoms with Crippen LogP contribution in [0, 0.1) is 6.92 Å². The Morgan fingerprint density at radius 2 is 1.96 bits per heavy atom. The quantitative estimate of drug-likeness (QED) is 0.579. The normalized spacial score (nSPS) is 22.4. The van der Waals surface area contributed by atoms with Gasteiger partial charge in [0.15, 0.2) is 5.96 Å². The van der Waals surface area contributed by atoms with Gasteiger partial charge in [-0.2, -0.15) is 0 Å². The predicted octanol–water partition coefficient (Wildman–Crippen LogP) is 2.23. The minimum Gasteiger partial charge on any atom is -0.490 e. The van der Waals surface area contributed by atoms with Gasteiger partial charge in [-0.15, -0.1) is 0 Å². The number of rotatable bonds is 6. The van der Waals surface area contributed by atoms with Crippen LogP contribution in [0.3, 0.4) is 0 Å². The van der Waals surface area contributed by atoms with Gasteiger partial charge < -0.3 is 20.3 Å². The van der Waals surface area contributed by atoms with Crippen LogP contribution in [0.5, 0.6) is 5.75 Å². The minimum atomic E-state index is 0.372. The number of likely N-dealkylation sites (N-methyl/N-ethyl adjacent to an activating group) is 2. The van der Waals surface area contributed by atoms with Gasteiger partial charge in [-0.05, 0) is 58.3 Å². The number of piperazine rings is 1. The van der Waals surface area contributed by atoms with Gasteiger partial charge in [0.2, 0.25) is 0 Å². The highest BCUT2D eigenvalue weighted by atomic mass is 16.5. The Morgan fingerprint density at radius 1 is 1.18 bits per heavy atom. The van der Waals surface area contributed by atoms with Gasteiger partial charge in [0.25, 0.3) is 0 Å². The lowest BCUT2D eigenvalue weighted by atomic mass is 10.1. The summed E-state index contributed by atoms with van der Waals surface area (Å²) in [4.78, 5) is 9.22. The van der Waals surface area contributed by atoms with Crippen molar-refractivity contribution in [2.24, 2.45) is 4.99 Å². The van der Waals surface area contributed by atoms with E-state index in [0.717, 1.165) is 37.9 Å². The lowest BCUT2D eigenvalue weighted by molar-refractivity contribution is 0.116. The summed E-state index contributed by atoms with van der Waals surface area (Å²) < 4.78 is 6.32. The first-order valence-electron chi connectivity index (χ1n) is 10.6. The second-order valence-electron chi connectivity index (χ2n) is 8.34. The summed E-state index contributed by atoms with van der Waals surface area (Å²) in [7, 11) is 6.22. The molecule has 1 saturated heterocycles. The maximum atomic E-state index is 6.32. The van der Waals surface area contributed by atoms with Crippen LogP contribution in [0.4, 0.5) is 0 Å². The molecule has 6 nitrogen and oxygen atoms in total. The van der Waals surface area contributed by atoms with Gasteiger partial charge >= 0.3 is 0 Å². The van der Waals surface area contributed by atoms with Gasteiger partial charge in [-0.25, -0.2) is 0 Å². The molecule has 1 aliphatic carbocycles. The fourth-order valence-electron chi connectivity index (χ4n) is 4.04. The molecule has 156 valence electrons. The summed E-state index contributed by atoms with van der Waals surface area (Å²) in [6, 6.07) is 6.99. The van der Waals surface area contributed by atoms with Crippen molar-refractivity contribution in [3.63, 3.8) is 0 Å². The standard InChI is InChI=1S/C22H37N5O/c1-17-9-10-18(21(13-17)28-20-7-5-6-8-20)14-24-22(23-2)25-15-19-16-26(3)11-12-27(19)4/h9-10,13,19-20H,5-8,11-12,14-16H2,1-4H3,(H2,23,24,25). The summed E-state index contributed by atoms with van der Waals surface area (Å²) in [5, 5.41) is 6.96. The van der Waals surface area contributed by atoms with Crippen LogP contribution in [0.1, 0.15) is 36.8 Å². The van der Waals surface area contributed by atoms with E-state index in [9.17, 15) is 0 Å². The average molecular weight is 388 g/mol. The molecule has 6 heteroatoms. The summed E-state index contributed by atoms with van der Waals surface area (Å²) in [6.45, 7) is 7.05. The SMILES string of the molecule is CN=C(NCc1ccc(C)cc1OC1CCCC1)NCC1CN(C)CCN1C. The van der Waals surface area contributed by atoms with Crippen molar-refractivity contribution >= 4 is 5.96 Å². The topological polar surface area (TPSA) is 52.1 Å². The van der Waals surface area contributed by atoms with E-state index < -0.39 is 0 Å². The summed E-state index contributed by atoms with van der Waals surface area (Å²) in [5.74, 6) is 1.86. The Hall–Kier alpha value is -1.79. The minimum absolute atomic E-state index is 0.372. The van der Waals surface area contributed by atoms with E-state index in [1.807, 2.05) is 7.05 Å². The van der Waals surface area contributed by atoms with Gasteiger partial charge in [-0.1, -0.05) is 12.1 Å². The Bertz CT molecular complexity index is 656. The number of benzene rings is 1. The number of guanidine groups is 1. The van der Waals surface area contributed by atoms with Crippen molar-refractivity contribution in [3.05, 3.63) is 29.3 Å². The van der Waals surface area contributed by atoms with E-state index in [0.29, 0.717) is 18.7 Å². The number of nitrogens with one attached hydrogen (secondary N) is 2. The third kappa shape index (κ3) is 5.85. The molecule has 0 radical (unpaired) electrons. The molecule has 2 aliphatic rings. The van der Waals surface area contributed by atoms with Gasteiger partial charge in [0, 0.05) is 51.4 Å². The number of aliphatic imine (C=N–C) groups is 1. The van der Waals surface area contributed by atoms with E-state index >= 15 is 0 Å². The number of hydrogen-bond acceptors (Lipinski definition) is 4. The molecule has 1 aromatic rings. The number of hydrogen-bond donors (Lipinski definition) is 2. The zero-order chi connectivity index (χ0) is 19.9. The van der Waals surface area contributed by atoms with Crippen molar-refractivity contribution in [1.82, 2.24) is 20.4 Å². The van der Waals surface area contributed by atoms with Crippen LogP contribution in [-0.2, 0) is 6.54 Å². The van der Waals surface area contributed by atoms with E-state index in [4.69, 9.17) is 4.74 Å². The van der Waals surface area contributed by atoms with Crippen LogP contribution in [0.15, 0.2) is 23.2 Å². The molecule has 3 rings (SSSR count). The molecule has 2 N–H and O–H groups in total. The molecule has 28 heavy (non-hydrogen) atoms. The highest BCUT2D eigenvalue weighted by Gasteiger charge is 2.22. The molecule has 1 heterocycles. The average Bonchev–Trinajstić information content (AvgIpc) is 3.19. The third-order valence-electron chi connectivity index (χ3n) is 5.97. The van der Waals surface area contributed by atoms with Crippen molar-refractivity contribution in [1.29, 1.82) is 0 Å². The van der Waals surface area contributed by atoms with Crippen molar-refractivity contribution < 1.29 is 4.74 Å². The van der Waals surface area contributed by atoms with Crippen LogP contribution < -0.4 is 15.4 Å². The van der Waals surface area contributed by atoms with Crippen LogP contribution in [0.2, 0.25) is 0 Å². The number of aryl methyl sites for hydroxylation is 1. The molecule has 2 fully saturated rings. The number of ether oxygens (including phenoxy) is 1. The second kappa shape index (κ2) is 10.1. The summed E-state index contributed by atoms with van der Waals surface area (Å²) >= 11 is 0. The van der Waals surface area contributed by atoms with Gasteiger partial charge in [-0.3, -0.25) is 9.89 Å². The molecular formula is C22H37N5O. The highest BCUT2D eigenvalue weighted by Crippen LogP contribution is 2.27. The fraction of sp³-hybridized carbons (Fsp3) is 0.682. The van der Waals surface area contributed by atoms with Crippen molar-refractivity contribution in [2.45, 2.75) is 51.3 Å².